The van der Waals surface area contributed by atoms with Crippen molar-refractivity contribution in [3.8, 4) is 0 Å². The predicted octanol–water partition coefficient (Wildman–Crippen LogP) is 1.12. The molecule has 0 saturated heterocycles. The topological polar surface area (TPSA) is 124 Å². The van der Waals surface area contributed by atoms with Gasteiger partial charge in [0.2, 0.25) is 0 Å². The summed E-state index contributed by atoms with van der Waals surface area (Å²) in [6.07, 6.45) is -0.806. The van der Waals surface area contributed by atoms with Crippen LogP contribution in [-0.2, 0) is 14.4 Å². The van der Waals surface area contributed by atoms with Crippen LogP contribution in [0.1, 0.15) is 13.3 Å². The van der Waals surface area contributed by atoms with Crippen LogP contribution in [0.5, 0.6) is 0 Å². The Morgan fingerprint density at radius 3 is 1.84 bits per heavy atom. The smallest absolute Gasteiger partial charge is 0.325 e. The van der Waals surface area contributed by atoms with Crippen molar-refractivity contribution in [2.45, 2.75) is 19.4 Å². The summed E-state index contributed by atoms with van der Waals surface area (Å²) in [7, 11) is 0. The van der Waals surface area contributed by atoms with Crippen molar-refractivity contribution in [1.82, 2.24) is 0 Å². The van der Waals surface area contributed by atoms with Crippen molar-refractivity contribution in [1.29, 1.82) is 0 Å². The molecule has 0 aliphatic rings. The lowest BCUT2D eigenvalue weighted by molar-refractivity contribution is -0.147. The monoisotopic (exact) mass is 269 g/mol. The summed E-state index contributed by atoms with van der Waals surface area (Å²) >= 11 is 0. The van der Waals surface area contributed by atoms with Gasteiger partial charge >= 0.3 is 17.9 Å². The summed E-state index contributed by atoms with van der Waals surface area (Å²) in [6, 6.07) is 8.72. The van der Waals surface area contributed by atoms with E-state index in [2.05, 4.69) is 5.32 Å². The Balaban J connectivity index is 0.000000399. The Hall–Kier alpha value is -2.57. The summed E-state index contributed by atoms with van der Waals surface area (Å²) in [4.78, 5) is 29.3. The molecule has 104 valence electrons. The van der Waals surface area contributed by atoms with Crippen molar-refractivity contribution < 1.29 is 29.7 Å². The summed E-state index contributed by atoms with van der Waals surface area (Å²) in [5, 5.41) is 26.8. The quantitative estimate of drug-likeness (QED) is 0.590. The highest BCUT2D eigenvalue weighted by Gasteiger charge is 2.08. The fraction of sp³-hybridized carbons (Fsp3) is 0.250. The molecule has 0 aliphatic carbocycles. The van der Waals surface area contributed by atoms with E-state index < -0.39 is 30.4 Å². The van der Waals surface area contributed by atoms with Crippen LogP contribution in [0.3, 0.4) is 0 Å². The normalized spacial score (nSPS) is 10.6. The SMILES string of the molecule is C[C@H](Nc1ccccc1)C(=O)O.O=C(O)CC(=O)O. The maximum absolute atomic E-state index is 10.4. The molecule has 0 fully saturated rings. The van der Waals surface area contributed by atoms with E-state index in [1.807, 2.05) is 30.3 Å². The molecule has 0 saturated carbocycles. The van der Waals surface area contributed by atoms with Crippen LogP contribution < -0.4 is 5.32 Å². The average molecular weight is 269 g/mol. The van der Waals surface area contributed by atoms with E-state index in [0.717, 1.165) is 5.69 Å². The van der Waals surface area contributed by atoms with Crippen molar-refractivity contribution in [2.24, 2.45) is 0 Å². The van der Waals surface area contributed by atoms with Gasteiger partial charge in [-0.3, -0.25) is 14.4 Å². The van der Waals surface area contributed by atoms with Crippen LogP contribution in [-0.4, -0.2) is 39.3 Å². The van der Waals surface area contributed by atoms with Crippen LogP contribution in [0.15, 0.2) is 30.3 Å². The molecule has 0 aromatic heterocycles. The lowest BCUT2D eigenvalue weighted by atomic mass is 10.3. The molecular formula is C12H15NO6. The summed E-state index contributed by atoms with van der Waals surface area (Å²) in [6.45, 7) is 1.61. The van der Waals surface area contributed by atoms with Crippen LogP contribution in [0, 0.1) is 0 Å². The predicted molar refractivity (Wildman–Crippen MR) is 67.1 cm³/mol. The second-order valence-electron chi connectivity index (χ2n) is 3.53. The third-order valence-electron chi connectivity index (χ3n) is 1.83. The van der Waals surface area contributed by atoms with Crippen molar-refractivity contribution >= 4 is 23.6 Å². The number of hydrogen-bond donors (Lipinski definition) is 4. The van der Waals surface area contributed by atoms with Crippen LogP contribution >= 0.6 is 0 Å². The van der Waals surface area contributed by atoms with Gasteiger partial charge in [0.15, 0.2) is 0 Å². The standard InChI is InChI=1S/C9H11NO2.C3H4O4/c1-7(9(11)12)10-8-5-3-2-4-6-8;4-2(5)1-3(6)7/h2-7,10H,1H3,(H,11,12);1H2,(H,4,5)(H,6,7)/t7-;/m0./s1. The molecule has 19 heavy (non-hydrogen) atoms. The molecule has 7 heteroatoms. The second kappa shape index (κ2) is 8.51. The number of nitrogens with one attached hydrogen (secondary N) is 1. The van der Waals surface area contributed by atoms with E-state index in [4.69, 9.17) is 15.3 Å². The van der Waals surface area contributed by atoms with Gasteiger partial charge in [-0.1, -0.05) is 18.2 Å². The molecule has 1 aromatic rings. The molecular weight excluding hydrogens is 254 g/mol. The molecule has 4 N–H and O–H groups in total. The molecule has 0 unspecified atom stereocenters. The number of anilines is 1. The van der Waals surface area contributed by atoms with Crippen molar-refractivity contribution in [3.63, 3.8) is 0 Å². The molecule has 0 heterocycles. The van der Waals surface area contributed by atoms with Gasteiger partial charge in [-0.15, -0.1) is 0 Å². The second-order valence-corrected chi connectivity index (χ2v) is 3.53. The Kier molecular flexibility index (Phi) is 7.36. The number of para-hydroxylation sites is 1. The van der Waals surface area contributed by atoms with Gasteiger partial charge in [-0.2, -0.15) is 0 Å². The highest BCUT2D eigenvalue weighted by Crippen LogP contribution is 2.06. The maximum Gasteiger partial charge on any atom is 0.325 e. The molecule has 1 aromatic carbocycles. The Bertz CT molecular complexity index is 419. The van der Waals surface area contributed by atoms with Gasteiger partial charge in [0.25, 0.3) is 0 Å². The molecule has 0 spiro atoms. The van der Waals surface area contributed by atoms with E-state index in [-0.39, 0.29) is 0 Å². The number of carboxylic acids is 3. The van der Waals surface area contributed by atoms with E-state index in [9.17, 15) is 14.4 Å². The Morgan fingerprint density at radius 1 is 1.05 bits per heavy atom. The third-order valence-corrected chi connectivity index (χ3v) is 1.83. The Labute approximate surface area is 109 Å². The van der Waals surface area contributed by atoms with Crippen LogP contribution in [0.25, 0.3) is 0 Å². The van der Waals surface area contributed by atoms with Gasteiger partial charge in [0, 0.05) is 5.69 Å². The van der Waals surface area contributed by atoms with E-state index >= 15 is 0 Å². The summed E-state index contributed by atoms with van der Waals surface area (Å²) < 4.78 is 0. The average Bonchev–Trinajstić information content (AvgIpc) is 2.29. The van der Waals surface area contributed by atoms with Gasteiger partial charge in [-0.25, -0.2) is 0 Å². The highest BCUT2D eigenvalue weighted by molar-refractivity contribution is 5.88. The third kappa shape index (κ3) is 9.16. The highest BCUT2D eigenvalue weighted by atomic mass is 16.4. The maximum atomic E-state index is 10.4. The van der Waals surface area contributed by atoms with Gasteiger partial charge in [-0.05, 0) is 19.1 Å². The number of rotatable bonds is 5. The van der Waals surface area contributed by atoms with Crippen LogP contribution in [0.2, 0.25) is 0 Å². The first-order valence-electron chi connectivity index (χ1n) is 5.31. The minimum Gasteiger partial charge on any atom is -0.481 e. The first-order chi connectivity index (χ1) is 8.82. The molecule has 1 atom stereocenters. The molecule has 1 rings (SSSR count). The summed E-state index contributed by atoms with van der Waals surface area (Å²) in [5.41, 5.74) is 0.826. The fourth-order valence-corrected chi connectivity index (χ4v) is 0.975. The zero-order valence-corrected chi connectivity index (χ0v) is 10.2. The zero-order valence-electron chi connectivity index (χ0n) is 10.2. The first-order valence-corrected chi connectivity index (χ1v) is 5.31. The lowest BCUT2D eigenvalue weighted by Gasteiger charge is -2.09. The van der Waals surface area contributed by atoms with Gasteiger partial charge < -0.3 is 20.6 Å². The Morgan fingerprint density at radius 2 is 1.53 bits per heavy atom. The van der Waals surface area contributed by atoms with E-state index in [1.165, 1.54) is 0 Å². The minimum absolute atomic E-state index is 0.549. The number of benzene rings is 1. The van der Waals surface area contributed by atoms with E-state index in [1.54, 1.807) is 6.92 Å². The molecule has 7 nitrogen and oxygen atoms in total. The first kappa shape index (κ1) is 16.4. The van der Waals surface area contributed by atoms with Gasteiger partial charge in [0.1, 0.15) is 12.5 Å². The van der Waals surface area contributed by atoms with E-state index in [0.29, 0.717) is 0 Å². The van der Waals surface area contributed by atoms with Gasteiger partial charge in [0.05, 0.1) is 0 Å². The lowest BCUT2D eigenvalue weighted by Crippen LogP contribution is -2.25. The summed E-state index contributed by atoms with van der Waals surface area (Å²) in [5.74, 6) is -3.47. The number of hydrogen-bond acceptors (Lipinski definition) is 4. The number of aliphatic carboxylic acids is 3. The molecule has 0 radical (unpaired) electrons. The zero-order chi connectivity index (χ0) is 14.8. The largest absolute Gasteiger partial charge is 0.481 e. The number of carbonyl (C=O) groups is 3. The van der Waals surface area contributed by atoms with Crippen molar-refractivity contribution in [2.75, 3.05) is 5.32 Å². The minimum atomic E-state index is -1.31. The molecule has 0 amide bonds. The fourth-order valence-electron chi connectivity index (χ4n) is 0.975. The molecule has 0 aliphatic heterocycles. The van der Waals surface area contributed by atoms with Crippen molar-refractivity contribution in [3.05, 3.63) is 30.3 Å². The number of carboxylic acid groups (broad SMARTS) is 3. The molecule has 0 bridgehead atoms. The van der Waals surface area contributed by atoms with Crippen LogP contribution in [0.4, 0.5) is 5.69 Å².